The van der Waals surface area contributed by atoms with E-state index in [0.717, 1.165) is 6.07 Å². The molecule has 1 N–H and O–H groups in total. The van der Waals surface area contributed by atoms with Crippen LogP contribution in [0.25, 0.3) is 10.8 Å². The maximum Gasteiger partial charge on any atom is 0.349 e. The normalized spacial score (nSPS) is 28.4. The Kier molecular flexibility index (Phi) is 3.33. The average molecular weight is 418 g/mol. The maximum absolute atomic E-state index is 14.0. The summed E-state index contributed by atoms with van der Waals surface area (Å²) < 4.78 is 52.3. The van der Waals surface area contributed by atoms with E-state index in [4.69, 9.17) is 23.2 Å². The van der Waals surface area contributed by atoms with Crippen LogP contribution in [0.2, 0.25) is 0 Å². The molecule has 0 amide bonds. The number of alkyl halides is 6. The van der Waals surface area contributed by atoms with E-state index >= 15 is 0 Å². The van der Waals surface area contributed by atoms with E-state index in [9.17, 15) is 22.7 Å². The highest BCUT2D eigenvalue weighted by Gasteiger charge is 2.95. The van der Waals surface area contributed by atoms with Gasteiger partial charge in [0.25, 0.3) is 0 Å². The molecule has 1 nitrogen and oxygen atoms in total. The highest BCUT2D eigenvalue weighted by atomic mass is 79.9. The van der Waals surface area contributed by atoms with Crippen molar-refractivity contribution in [3.63, 3.8) is 0 Å². The van der Waals surface area contributed by atoms with Gasteiger partial charge in [-0.2, -0.15) is 17.6 Å². The maximum atomic E-state index is 14.0. The Morgan fingerprint density at radius 1 is 0.864 bits per heavy atom. The third-order valence-electron chi connectivity index (χ3n) is 3.96. The van der Waals surface area contributed by atoms with Crippen LogP contribution in [-0.2, 0) is 5.60 Å². The van der Waals surface area contributed by atoms with Crippen molar-refractivity contribution in [1.82, 2.24) is 0 Å². The summed E-state index contributed by atoms with van der Waals surface area (Å²) in [6, 6.07) is 8.65. The summed E-state index contributed by atoms with van der Waals surface area (Å²) >= 11 is 14.1. The van der Waals surface area contributed by atoms with Gasteiger partial charge < -0.3 is 5.11 Å². The van der Waals surface area contributed by atoms with Gasteiger partial charge in [0.1, 0.15) is 0 Å². The predicted molar refractivity (Wildman–Crippen MR) is 79.9 cm³/mol. The van der Waals surface area contributed by atoms with Crippen molar-refractivity contribution < 1.29 is 22.7 Å². The Balaban J connectivity index is 2.35. The molecule has 0 bridgehead atoms. The molecule has 0 heterocycles. The molecule has 0 radical (unpaired) electrons. The Hall–Kier alpha value is -0.560. The molecule has 0 saturated heterocycles. The summed E-state index contributed by atoms with van der Waals surface area (Å²) in [5.74, 6) is -9.56. The second-order valence-electron chi connectivity index (χ2n) is 5.07. The number of rotatable bonds is 1. The number of hydrogen-bond acceptors (Lipinski definition) is 1. The molecule has 1 aliphatic rings. The van der Waals surface area contributed by atoms with E-state index in [1.807, 2.05) is 0 Å². The lowest BCUT2D eigenvalue weighted by atomic mass is 9.66. The summed E-state index contributed by atoms with van der Waals surface area (Å²) in [6.07, 6.45) is 0. The monoisotopic (exact) mass is 416 g/mol. The molecule has 0 aliphatic heterocycles. The average Bonchev–Trinajstić information content (AvgIpc) is 2.45. The Morgan fingerprint density at radius 3 is 2.00 bits per heavy atom. The summed E-state index contributed by atoms with van der Waals surface area (Å²) in [6.45, 7) is 0. The van der Waals surface area contributed by atoms with Crippen LogP contribution >= 0.6 is 39.1 Å². The molecular formula is C14H7BrCl2F4O. The van der Waals surface area contributed by atoms with Crippen LogP contribution in [0, 0.1) is 0 Å². The van der Waals surface area contributed by atoms with Crippen molar-refractivity contribution in [2.75, 3.05) is 0 Å². The smallest absolute Gasteiger partial charge is 0.349 e. The lowest BCUT2D eigenvalue weighted by Crippen LogP contribution is -2.83. The third kappa shape index (κ3) is 1.54. The number of hydrogen-bond donors (Lipinski definition) is 1. The van der Waals surface area contributed by atoms with Crippen LogP contribution in [0.1, 0.15) is 5.56 Å². The van der Waals surface area contributed by atoms with Gasteiger partial charge >= 0.3 is 11.8 Å². The van der Waals surface area contributed by atoms with Crippen molar-refractivity contribution in [2.24, 2.45) is 0 Å². The molecule has 1 aliphatic carbocycles. The minimum absolute atomic E-state index is 0.153. The van der Waals surface area contributed by atoms with Crippen molar-refractivity contribution >= 4 is 49.9 Å². The summed E-state index contributed by atoms with van der Waals surface area (Å²) in [5, 5.41) is 11.0. The van der Waals surface area contributed by atoms with E-state index in [0.29, 0.717) is 9.86 Å². The van der Waals surface area contributed by atoms with E-state index in [2.05, 4.69) is 15.9 Å². The zero-order chi connectivity index (χ0) is 16.6. The Morgan fingerprint density at radius 2 is 1.41 bits per heavy atom. The predicted octanol–water partition coefficient (Wildman–Crippen LogP) is 5.25. The SMILES string of the molecule is OC1(c2cccc3c(Br)cccc23)C(F)(F)C(F)(F)C1(Cl)Cl. The first-order valence-corrected chi connectivity index (χ1v) is 7.58. The minimum atomic E-state index is -4.81. The molecule has 22 heavy (non-hydrogen) atoms. The standard InChI is InChI=1S/C14H7BrCl2F4O/c15-10-6-2-3-7-8(10)4-1-5-9(7)11(22)12(16,17)14(20,21)13(11,18)19/h1-6,22H. The highest BCUT2D eigenvalue weighted by molar-refractivity contribution is 9.10. The zero-order valence-electron chi connectivity index (χ0n) is 10.6. The largest absolute Gasteiger partial charge is 0.376 e. The van der Waals surface area contributed by atoms with Gasteiger partial charge in [-0.25, -0.2) is 0 Å². The molecule has 1 unspecified atom stereocenters. The van der Waals surface area contributed by atoms with E-state index < -0.39 is 27.3 Å². The molecule has 1 saturated carbocycles. The molecule has 1 atom stereocenters. The zero-order valence-corrected chi connectivity index (χ0v) is 13.7. The number of halogens is 7. The second-order valence-corrected chi connectivity index (χ2v) is 7.26. The van der Waals surface area contributed by atoms with Gasteiger partial charge in [-0.3, -0.25) is 0 Å². The van der Waals surface area contributed by atoms with Gasteiger partial charge in [-0.15, -0.1) is 0 Å². The fourth-order valence-electron chi connectivity index (χ4n) is 2.71. The van der Waals surface area contributed by atoms with E-state index in [-0.39, 0.29) is 5.39 Å². The molecule has 2 aromatic rings. The molecule has 118 valence electrons. The van der Waals surface area contributed by atoms with Gasteiger partial charge in [-0.1, -0.05) is 69.5 Å². The minimum Gasteiger partial charge on any atom is -0.376 e. The number of fused-ring (bicyclic) bond motifs is 1. The van der Waals surface area contributed by atoms with Crippen LogP contribution < -0.4 is 0 Å². The Bertz CT molecular complexity index is 761. The quantitative estimate of drug-likeness (QED) is 0.496. The van der Waals surface area contributed by atoms with Crippen LogP contribution in [0.5, 0.6) is 0 Å². The lowest BCUT2D eigenvalue weighted by Gasteiger charge is -2.59. The molecular weight excluding hydrogens is 411 g/mol. The molecule has 2 aromatic carbocycles. The van der Waals surface area contributed by atoms with Crippen LogP contribution in [0.4, 0.5) is 17.6 Å². The van der Waals surface area contributed by atoms with E-state index in [1.165, 1.54) is 18.2 Å². The third-order valence-corrected chi connectivity index (χ3v) is 5.67. The molecule has 3 rings (SSSR count). The van der Waals surface area contributed by atoms with Gasteiger partial charge in [0.2, 0.25) is 4.33 Å². The van der Waals surface area contributed by atoms with Crippen molar-refractivity contribution in [2.45, 2.75) is 21.8 Å². The highest BCUT2D eigenvalue weighted by Crippen LogP contribution is 2.73. The van der Waals surface area contributed by atoms with Crippen molar-refractivity contribution in [3.8, 4) is 0 Å². The number of benzene rings is 2. The first-order chi connectivity index (χ1) is 10.00. The van der Waals surface area contributed by atoms with E-state index in [1.54, 1.807) is 12.1 Å². The molecule has 1 fully saturated rings. The topological polar surface area (TPSA) is 20.2 Å². The van der Waals surface area contributed by atoms with Gasteiger partial charge in [0.05, 0.1) is 0 Å². The first kappa shape index (κ1) is 16.3. The van der Waals surface area contributed by atoms with Crippen molar-refractivity contribution in [1.29, 1.82) is 0 Å². The first-order valence-electron chi connectivity index (χ1n) is 6.03. The van der Waals surface area contributed by atoms with Gasteiger partial charge in [0.15, 0.2) is 5.60 Å². The second kappa shape index (κ2) is 4.50. The lowest BCUT2D eigenvalue weighted by molar-refractivity contribution is -0.392. The molecule has 8 heteroatoms. The van der Waals surface area contributed by atoms with Crippen LogP contribution in [0.3, 0.4) is 0 Å². The van der Waals surface area contributed by atoms with Gasteiger partial charge in [-0.05, 0) is 16.8 Å². The number of aliphatic hydroxyl groups is 1. The summed E-state index contributed by atoms with van der Waals surface area (Å²) in [4.78, 5) is 0. The van der Waals surface area contributed by atoms with Crippen LogP contribution in [0.15, 0.2) is 40.9 Å². The summed E-state index contributed by atoms with van der Waals surface area (Å²) in [5.41, 5.74) is -3.86. The Labute approximate surface area is 140 Å². The molecule has 0 aromatic heterocycles. The van der Waals surface area contributed by atoms with Crippen molar-refractivity contribution in [3.05, 3.63) is 46.4 Å². The fraction of sp³-hybridized carbons (Fsp3) is 0.286. The fourth-order valence-corrected chi connectivity index (χ4v) is 3.89. The van der Waals surface area contributed by atoms with Gasteiger partial charge in [0, 0.05) is 10.0 Å². The molecule has 0 spiro atoms. The van der Waals surface area contributed by atoms with Crippen LogP contribution in [-0.4, -0.2) is 21.3 Å². The summed E-state index contributed by atoms with van der Waals surface area (Å²) in [7, 11) is 0.